The number of hydrogen-bond acceptors (Lipinski definition) is 4. The number of amides is 1. The molecule has 1 aliphatic rings. The van der Waals surface area contributed by atoms with E-state index in [0.717, 1.165) is 31.9 Å². The van der Waals surface area contributed by atoms with Gasteiger partial charge in [-0.25, -0.2) is 0 Å². The normalized spacial score (nSPS) is 15.0. The number of nitrogens with zero attached hydrogens (tertiary/aromatic N) is 2. The summed E-state index contributed by atoms with van der Waals surface area (Å²) in [5.41, 5.74) is 2.21. The van der Waals surface area contributed by atoms with Gasteiger partial charge in [0.15, 0.2) is 0 Å². The molecule has 3 rings (SSSR count). The van der Waals surface area contributed by atoms with Crippen molar-refractivity contribution in [2.24, 2.45) is 0 Å². The number of piperazine rings is 1. The van der Waals surface area contributed by atoms with Gasteiger partial charge in [0.05, 0.1) is 38.2 Å². The van der Waals surface area contributed by atoms with Gasteiger partial charge in [-0.15, -0.1) is 0 Å². The van der Waals surface area contributed by atoms with Gasteiger partial charge >= 0.3 is 0 Å². The fraction of sp³-hybridized carbons (Fsp3) is 0.278. The minimum Gasteiger partial charge on any atom is -0.360 e. The second-order valence-electron chi connectivity index (χ2n) is 6.25. The van der Waals surface area contributed by atoms with E-state index in [-0.39, 0.29) is 11.6 Å². The third kappa shape index (κ3) is 4.13. The minimum absolute atomic E-state index is 0.0325. The van der Waals surface area contributed by atoms with Crippen molar-refractivity contribution in [3.63, 3.8) is 0 Å². The number of carbonyl (C=O) groups excluding carboxylic acids is 1. The highest BCUT2D eigenvalue weighted by molar-refractivity contribution is 6.04. The number of nitro benzene ring substituents is 1. The first-order valence-corrected chi connectivity index (χ1v) is 8.25. The number of anilines is 2. The Hall–Kier alpha value is -2.93. The van der Waals surface area contributed by atoms with Gasteiger partial charge in [0.25, 0.3) is 11.6 Å². The lowest BCUT2D eigenvalue weighted by Gasteiger charge is -2.31. The Morgan fingerprint density at radius 1 is 1.08 bits per heavy atom. The zero-order valence-corrected chi connectivity index (χ0v) is 14.1. The number of non-ortho nitro benzene ring substituents is 1. The molecule has 1 aliphatic heterocycles. The minimum atomic E-state index is -0.486. The predicted molar refractivity (Wildman–Crippen MR) is 96.3 cm³/mol. The Balaban J connectivity index is 1.62. The average Bonchev–Trinajstić information content (AvgIpc) is 2.63. The second-order valence-corrected chi connectivity index (χ2v) is 6.25. The molecule has 2 aromatic rings. The van der Waals surface area contributed by atoms with E-state index in [0.29, 0.717) is 11.3 Å². The Labute approximate surface area is 146 Å². The van der Waals surface area contributed by atoms with E-state index in [1.54, 1.807) is 4.90 Å². The van der Waals surface area contributed by atoms with Gasteiger partial charge in [0.1, 0.15) is 0 Å². The first-order chi connectivity index (χ1) is 12.0. The van der Waals surface area contributed by atoms with Crippen LogP contribution in [0.25, 0.3) is 0 Å². The SMILES string of the molecule is C[NH+]1CCN(c2ccc(NC(=O)c3ccc([N+](=O)[O-])cc3)cc2)CC1. The van der Waals surface area contributed by atoms with Crippen LogP contribution in [0.2, 0.25) is 0 Å². The monoisotopic (exact) mass is 341 g/mol. The number of hydrogen-bond donors (Lipinski definition) is 2. The Kier molecular flexibility index (Phi) is 4.95. The molecule has 25 heavy (non-hydrogen) atoms. The van der Waals surface area contributed by atoms with Crippen LogP contribution < -0.4 is 15.1 Å². The number of rotatable bonds is 4. The van der Waals surface area contributed by atoms with Crippen LogP contribution in [-0.2, 0) is 0 Å². The number of quaternary nitrogens is 1. The van der Waals surface area contributed by atoms with Crippen LogP contribution in [0, 0.1) is 10.1 Å². The molecule has 2 N–H and O–H groups in total. The number of nitro groups is 1. The number of likely N-dealkylation sites (N-methyl/N-ethyl adjacent to an activating group) is 1. The average molecular weight is 341 g/mol. The van der Waals surface area contributed by atoms with Crippen LogP contribution in [0.5, 0.6) is 0 Å². The van der Waals surface area contributed by atoms with E-state index in [1.165, 1.54) is 24.3 Å². The Bertz CT molecular complexity index is 751. The molecule has 1 fully saturated rings. The van der Waals surface area contributed by atoms with E-state index in [1.807, 2.05) is 24.3 Å². The summed E-state index contributed by atoms with van der Waals surface area (Å²) in [5, 5.41) is 13.5. The summed E-state index contributed by atoms with van der Waals surface area (Å²) in [7, 11) is 2.20. The van der Waals surface area contributed by atoms with E-state index in [2.05, 4.69) is 17.3 Å². The highest BCUT2D eigenvalue weighted by Gasteiger charge is 2.17. The lowest BCUT2D eigenvalue weighted by Crippen LogP contribution is -3.12. The first-order valence-electron chi connectivity index (χ1n) is 8.25. The topological polar surface area (TPSA) is 79.9 Å². The summed E-state index contributed by atoms with van der Waals surface area (Å²) in [6, 6.07) is 13.3. The molecule has 0 atom stereocenters. The predicted octanol–water partition coefficient (Wildman–Crippen LogP) is 1.18. The summed E-state index contributed by atoms with van der Waals surface area (Å²) in [6.07, 6.45) is 0. The van der Waals surface area contributed by atoms with E-state index < -0.39 is 4.92 Å². The molecule has 2 aromatic carbocycles. The molecule has 1 amide bonds. The van der Waals surface area contributed by atoms with Gasteiger partial charge in [-0.05, 0) is 36.4 Å². The van der Waals surface area contributed by atoms with Crippen molar-refractivity contribution in [2.75, 3.05) is 43.4 Å². The molecule has 0 aliphatic carbocycles. The summed E-state index contributed by atoms with van der Waals surface area (Å²) in [6.45, 7) is 4.30. The van der Waals surface area contributed by atoms with Crippen LogP contribution in [-0.4, -0.2) is 44.1 Å². The fourth-order valence-electron chi connectivity index (χ4n) is 2.84. The maximum absolute atomic E-state index is 12.2. The summed E-state index contributed by atoms with van der Waals surface area (Å²) in [4.78, 5) is 26.3. The fourth-order valence-corrected chi connectivity index (χ4v) is 2.84. The molecule has 0 saturated carbocycles. The number of nitrogens with one attached hydrogen (secondary N) is 2. The lowest BCUT2D eigenvalue weighted by atomic mass is 10.2. The molecular weight excluding hydrogens is 320 g/mol. The molecule has 0 bridgehead atoms. The standard InChI is InChI=1S/C18H20N4O3/c1-20-10-12-21(13-11-20)16-8-4-15(5-9-16)19-18(23)14-2-6-17(7-3-14)22(24)25/h2-9H,10-13H2,1H3,(H,19,23)/p+1. The lowest BCUT2D eigenvalue weighted by molar-refractivity contribution is -0.880. The van der Waals surface area contributed by atoms with Gasteiger partial charge < -0.3 is 15.1 Å². The molecule has 1 heterocycles. The Morgan fingerprint density at radius 3 is 2.24 bits per heavy atom. The van der Waals surface area contributed by atoms with Crippen molar-refractivity contribution in [3.05, 3.63) is 64.2 Å². The van der Waals surface area contributed by atoms with Crippen LogP contribution in [0.4, 0.5) is 17.1 Å². The highest BCUT2D eigenvalue weighted by Crippen LogP contribution is 2.19. The Morgan fingerprint density at radius 2 is 1.68 bits per heavy atom. The molecule has 7 heteroatoms. The van der Waals surface area contributed by atoms with Crippen LogP contribution in [0.15, 0.2) is 48.5 Å². The van der Waals surface area contributed by atoms with Crippen molar-refractivity contribution in [3.8, 4) is 0 Å². The molecular formula is C18H21N4O3+. The van der Waals surface area contributed by atoms with Crippen LogP contribution >= 0.6 is 0 Å². The van der Waals surface area contributed by atoms with Crippen molar-refractivity contribution >= 4 is 23.0 Å². The summed E-state index contributed by atoms with van der Waals surface area (Å²) >= 11 is 0. The van der Waals surface area contributed by atoms with Gasteiger partial charge in [-0.2, -0.15) is 0 Å². The van der Waals surface area contributed by atoms with Crippen molar-refractivity contribution in [1.82, 2.24) is 0 Å². The maximum atomic E-state index is 12.2. The van der Waals surface area contributed by atoms with Crippen molar-refractivity contribution in [2.45, 2.75) is 0 Å². The van der Waals surface area contributed by atoms with Gasteiger partial charge in [-0.1, -0.05) is 0 Å². The van der Waals surface area contributed by atoms with Gasteiger partial charge in [0, 0.05) is 29.1 Å². The molecule has 0 spiro atoms. The number of benzene rings is 2. The van der Waals surface area contributed by atoms with E-state index in [4.69, 9.17) is 0 Å². The van der Waals surface area contributed by atoms with Crippen LogP contribution in [0.1, 0.15) is 10.4 Å². The first kappa shape index (κ1) is 16.9. The van der Waals surface area contributed by atoms with Crippen molar-refractivity contribution < 1.29 is 14.6 Å². The zero-order valence-electron chi connectivity index (χ0n) is 14.1. The molecule has 130 valence electrons. The zero-order chi connectivity index (χ0) is 17.8. The smallest absolute Gasteiger partial charge is 0.269 e. The quantitative estimate of drug-likeness (QED) is 0.646. The van der Waals surface area contributed by atoms with Gasteiger partial charge in [0.2, 0.25) is 0 Å². The number of carbonyl (C=O) groups is 1. The molecule has 7 nitrogen and oxygen atoms in total. The largest absolute Gasteiger partial charge is 0.360 e. The third-order valence-electron chi connectivity index (χ3n) is 4.45. The van der Waals surface area contributed by atoms with E-state index in [9.17, 15) is 14.9 Å². The maximum Gasteiger partial charge on any atom is 0.269 e. The summed E-state index contributed by atoms with van der Waals surface area (Å²) < 4.78 is 0. The van der Waals surface area contributed by atoms with E-state index >= 15 is 0 Å². The summed E-state index contributed by atoms with van der Waals surface area (Å²) in [5.74, 6) is -0.286. The molecule has 0 unspecified atom stereocenters. The molecule has 0 radical (unpaired) electrons. The second kappa shape index (κ2) is 7.31. The van der Waals surface area contributed by atoms with Crippen molar-refractivity contribution in [1.29, 1.82) is 0 Å². The highest BCUT2D eigenvalue weighted by atomic mass is 16.6. The molecule has 1 saturated heterocycles. The van der Waals surface area contributed by atoms with Gasteiger partial charge in [-0.3, -0.25) is 14.9 Å². The molecule has 0 aromatic heterocycles. The third-order valence-corrected chi connectivity index (χ3v) is 4.45. The van der Waals surface area contributed by atoms with Crippen LogP contribution in [0.3, 0.4) is 0 Å².